The van der Waals surface area contributed by atoms with Gasteiger partial charge in [0.05, 0.1) is 11.3 Å². The van der Waals surface area contributed by atoms with Crippen LogP contribution in [0.1, 0.15) is 16.7 Å². The smallest absolute Gasteiger partial charge is 0.256 e. The molecule has 0 saturated carbocycles. The first-order valence-electron chi connectivity index (χ1n) is 5.74. The number of para-hydroxylation sites is 1. The lowest BCUT2D eigenvalue weighted by atomic mass is 10.1. The van der Waals surface area contributed by atoms with Gasteiger partial charge in [-0.05, 0) is 42.3 Å². The zero-order chi connectivity index (χ0) is 13.9. The van der Waals surface area contributed by atoms with E-state index in [0.717, 1.165) is 17.7 Å². The van der Waals surface area contributed by atoms with Crippen LogP contribution in [0.3, 0.4) is 0 Å². The molecule has 4 heteroatoms. The summed E-state index contributed by atoms with van der Waals surface area (Å²) in [4.78, 5) is 4.17. The van der Waals surface area contributed by atoms with Gasteiger partial charge in [-0.25, -0.2) is 0 Å². The van der Waals surface area contributed by atoms with E-state index in [1.807, 2.05) is 18.2 Å². The number of aliphatic imine (C=N–C) groups is 1. The highest BCUT2D eigenvalue weighted by Gasteiger charge is 2.30. The molecule has 98 valence electrons. The average Bonchev–Trinajstić information content (AvgIpc) is 2.37. The predicted octanol–water partition coefficient (Wildman–Crippen LogP) is 4.76. The molecule has 0 fully saturated rings. The Morgan fingerprint density at radius 3 is 2.32 bits per heavy atom. The van der Waals surface area contributed by atoms with Gasteiger partial charge in [0, 0.05) is 6.21 Å². The molecular formula is C15H12F3N. The number of aryl methyl sites for hydroxylation is 1. The minimum atomic E-state index is -4.33. The van der Waals surface area contributed by atoms with E-state index < -0.39 is 11.7 Å². The fourth-order valence-electron chi connectivity index (χ4n) is 1.61. The van der Waals surface area contributed by atoms with Gasteiger partial charge in [-0.3, -0.25) is 4.99 Å². The van der Waals surface area contributed by atoms with Crippen molar-refractivity contribution in [2.24, 2.45) is 4.99 Å². The van der Waals surface area contributed by atoms with Crippen LogP contribution in [0, 0.1) is 6.92 Å². The Morgan fingerprint density at radius 1 is 1.00 bits per heavy atom. The molecule has 2 aromatic rings. The van der Waals surface area contributed by atoms with Crippen molar-refractivity contribution in [3.05, 3.63) is 65.2 Å². The minimum absolute atomic E-state index is 0.471. The molecule has 0 unspecified atom stereocenters. The SMILES string of the molecule is Cc1ccc(C(F)(F)F)cc1/C=N/c1ccccc1. The molecule has 0 bridgehead atoms. The van der Waals surface area contributed by atoms with Crippen LogP contribution in [-0.4, -0.2) is 6.21 Å². The highest BCUT2D eigenvalue weighted by Crippen LogP contribution is 2.30. The summed E-state index contributed by atoms with van der Waals surface area (Å²) in [5.41, 5.74) is 1.28. The van der Waals surface area contributed by atoms with E-state index in [0.29, 0.717) is 11.3 Å². The number of benzene rings is 2. The fourth-order valence-corrected chi connectivity index (χ4v) is 1.61. The first-order chi connectivity index (χ1) is 8.97. The zero-order valence-corrected chi connectivity index (χ0v) is 10.3. The van der Waals surface area contributed by atoms with Gasteiger partial charge in [-0.2, -0.15) is 13.2 Å². The summed E-state index contributed by atoms with van der Waals surface area (Å²) in [6.45, 7) is 1.76. The van der Waals surface area contributed by atoms with Crippen LogP contribution in [0.5, 0.6) is 0 Å². The van der Waals surface area contributed by atoms with E-state index in [2.05, 4.69) is 4.99 Å². The van der Waals surface area contributed by atoms with Crippen LogP contribution >= 0.6 is 0 Å². The lowest BCUT2D eigenvalue weighted by Gasteiger charge is -2.08. The van der Waals surface area contributed by atoms with E-state index >= 15 is 0 Å². The molecule has 2 aromatic carbocycles. The van der Waals surface area contributed by atoms with Crippen LogP contribution < -0.4 is 0 Å². The third-order valence-corrected chi connectivity index (χ3v) is 2.72. The summed E-state index contributed by atoms with van der Waals surface area (Å²) in [6.07, 6.45) is -2.87. The highest BCUT2D eigenvalue weighted by molar-refractivity contribution is 5.84. The summed E-state index contributed by atoms with van der Waals surface area (Å²) >= 11 is 0. The van der Waals surface area contributed by atoms with E-state index in [1.165, 1.54) is 12.3 Å². The van der Waals surface area contributed by atoms with Crippen molar-refractivity contribution in [1.29, 1.82) is 0 Å². The second-order valence-electron chi connectivity index (χ2n) is 4.16. The van der Waals surface area contributed by atoms with Crippen molar-refractivity contribution in [2.45, 2.75) is 13.1 Å². The van der Waals surface area contributed by atoms with Gasteiger partial charge in [-0.15, -0.1) is 0 Å². The number of alkyl halides is 3. The van der Waals surface area contributed by atoms with Gasteiger partial charge in [0.15, 0.2) is 0 Å². The third kappa shape index (κ3) is 3.44. The molecular weight excluding hydrogens is 251 g/mol. The van der Waals surface area contributed by atoms with Crippen LogP contribution in [0.25, 0.3) is 0 Å². The van der Waals surface area contributed by atoms with Crippen molar-refractivity contribution in [2.75, 3.05) is 0 Å². The molecule has 1 nitrogen and oxygen atoms in total. The van der Waals surface area contributed by atoms with Gasteiger partial charge < -0.3 is 0 Å². The van der Waals surface area contributed by atoms with Crippen LogP contribution in [0.4, 0.5) is 18.9 Å². The standard InChI is InChI=1S/C15H12F3N/c1-11-7-8-13(15(16,17)18)9-12(11)10-19-14-5-3-2-4-6-14/h2-10H,1H3/b19-10+. The molecule has 0 amide bonds. The van der Waals surface area contributed by atoms with E-state index in [9.17, 15) is 13.2 Å². The van der Waals surface area contributed by atoms with Crippen molar-refractivity contribution >= 4 is 11.9 Å². The van der Waals surface area contributed by atoms with Crippen molar-refractivity contribution in [3.63, 3.8) is 0 Å². The Hall–Kier alpha value is -2.10. The van der Waals surface area contributed by atoms with E-state index in [1.54, 1.807) is 19.1 Å². The summed E-state index contributed by atoms with van der Waals surface area (Å²) in [5.74, 6) is 0. The molecule has 0 aliphatic heterocycles. The Morgan fingerprint density at radius 2 is 1.68 bits per heavy atom. The molecule has 0 aliphatic rings. The monoisotopic (exact) mass is 263 g/mol. The molecule has 0 aromatic heterocycles. The van der Waals surface area contributed by atoms with Crippen LogP contribution in [-0.2, 0) is 6.18 Å². The first kappa shape index (κ1) is 13.3. The molecule has 0 radical (unpaired) electrons. The number of hydrogen-bond donors (Lipinski definition) is 0. The molecule has 0 N–H and O–H groups in total. The summed E-state index contributed by atoms with van der Waals surface area (Å²) < 4.78 is 37.9. The Labute approximate surface area is 109 Å². The predicted molar refractivity (Wildman–Crippen MR) is 69.9 cm³/mol. The number of nitrogens with zero attached hydrogens (tertiary/aromatic N) is 1. The first-order valence-corrected chi connectivity index (χ1v) is 5.74. The van der Waals surface area contributed by atoms with Crippen molar-refractivity contribution in [3.8, 4) is 0 Å². The van der Waals surface area contributed by atoms with Crippen molar-refractivity contribution in [1.82, 2.24) is 0 Å². The minimum Gasteiger partial charge on any atom is -0.256 e. The lowest BCUT2D eigenvalue weighted by molar-refractivity contribution is -0.137. The Kier molecular flexibility index (Phi) is 3.69. The number of rotatable bonds is 2. The maximum absolute atomic E-state index is 12.6. The van der Waals surface area contributed by atoms with Crippen molar-refractivity contribution < 1.29 is 13.2 Å². The Balaban J connectivity index is 2.32. The molecule has 0 saturated heterocycles. The molecule has 0 heterocycles. The fraction of sp³-hybridized carbons (Fsp3) is 0.133. The van der Waals surface area contributed by atoms with Gasteiger partial charge >= 0.3 is 6.18 Å². The van der Waals surface area contributed by atoms with Gasteiger partial charge in [0.2, 0.25) is 0 Å². The van der Waals surface area contributed by atoms with Crippen LogP contribution in [0.2, 0.25) is 0 Å². The molecule has 0 spiro atoms. The maximum Gasteiger partial charge on any atom is 0.416 e. The van der Waals surface area contributed by atoms with Gasteiger partial charge in [0.1, 0.15) is 0 Å². The summed E-state index contributed by atoms with van der Waals surface area (Å²) in [7, 11) is 0. The van der Waals surface area contributed by atoms with Crippen LogP contribution in [0.15, 0.2) is 53.5 Å². The normalized spacial score (nSPS) is 12.0. The molecule has 0 aliphatic carbocycles. The van der Waals surface area contributed by atoms with Gasteiger partial charge in [0.25, 0.3) is 0 Å². The highest BCUT2D eigenvalue weighted by atomic mass is 19.4. The molecule has 2 rings (SSSR count). The molecule has 0 atom stereocenters. The maximum atomic E-state index is 12.6. The van der Waals surface area contributed by atoms with Gasteiger partial charge in [-0.1, -0.05) is 24.3 Å². The average molecular weight is 263 g/mol. The largest absolute Gasteiger partial charge is 0.416 e. The van der Waals surface area contributed by atoms with E-state index in [-0.39, 0.29) is 0 Å². The number of halogens is 3. The lowest BCUT2D eigenvalue weighted by Crippen LogP contribution is -2.05. The second kappa shape index (κ2) is 5.26. The van der Waals surface area contributed by atoms with E-state index in [4.69, 9.17) is 0 Å². The Bertz CT molecular complexity index is 586. The molecule has 19 heavy (non-hydrogen) atoms. The zero-order valence-electron chi connectivity index (χ0n) is 10.3. The second-order valence-corrected chi connectivity index (χ2v) is 4.16. The summed E-state index contributed by atoms with van der Waals surface area (Å²) in [6, 6.07) is 12.7. The number of hydrogen-bond acceptors (Lipinski definition) is 1. The third-order valence-electron chi connectivity index (χ3n) is 2.72. The quantitative estimate of drug-likeness (QED) is 0.692. The topological polar surface area (TPSA) is 12.4 Å². The summed E-state index contributed by atoms with van der Waals surface area (Å²) in [5, 5.41) is 0.